The fourth-order valence-corrected chi connectivity index (χ4v) is 3.07. The number of carbonyl (C=O) groups excluding carboxylic acids is 1. The summed E-state index contributed by atoms with van der Waals surface area (Å²) in [6, 6.07) is 16.5. The Bertz CT molecular complexity index is 1020. The number of benzene rings is 3. The molecule has 0 radical (unpaired) electrons. The van der Waals surface area contributed by atoms with E-state index in [0.717, 1.165) is 16.8 Å². The minimum absolute atomic E-state index is 0.213. The minimum atomic E-state index is -1.19. The van der Waals surface area contributed by atoms with Gasteiger partial charge >= 0.3 is 0 Å². The lowest BCUT2D eigenvalue weighted by atomic mass is 9.98. The first-order valence-electron chi connectivity index (χ1n) is 8.69. The molecule has 3 N–H and O–H groups in total. The first kappa shape index (κ1) is 20.0. The average molecular weight is 400 g/mol. The molecule has 0 aliphatic heterocycles. The molecule has 0 saturated heterocycles. The van der Waals surface area contributed by atoms with Crippen LogP contribution >= 0.6 is 11.6 Å². The second-order valence-corrected chi connectivity index (χ2v) is 6.78. The summed E-state index contributed by atoms with van der Waals surface area (Å²) in [6.07, 6.45) is 1.31. The van der Waals surface area contributed by atoms with E-state index in [2.05, 4.69) is 5.32 Å². The quantitative estimate of drug-likeness (QED) is 0.551. The Kier molecular flexibility index (Phi) is 6.41. The number of aliphatic hydroxyl groups excluding tert-OH is 2. The number of fused-ring (bicyclic) bond motifs is 1. The van der Waals surface area contributed by atoms with Gasteiger partial charge in [0.1, 0.15) is 11.9 Å². The fourth-order valence-electron chi connectivity index (χ4n) is 2.91. The standard InChI is InChI=1S/C22H19ClFNO3/c23-18-9-7-15(19(24)12-18)8-10-21(28)25-22(20(27)13-26)17-6-5-14-3-1-2-4-16(14)11-17/h1-12,20,22,26-27H,13H2,(H,25,28)/b10-8+/t20-,22-/m1/s1. The summed E-state index contributed by atoms with van der Waals surface area (Å²) in [5.74, 6) is -1.07. The summed E-state index contributed by atoms with van der Waals surface area (Å²) in [5.41, 5.74) is 0.865. The lowest BCUT2D eigenvalue weighted by Crippen LogP contribution is -2.37. The Labute approximate surface area is 166 Å². The molecule has 2 atom stereocenters. The molecule has 0 bridgehead atoms. The third kappa shape index (κ3) is 4.75. The highest BCUT2D eigenvalue weighted by Crippen LogP contribution is 2.23. The topological polar surface area (TPSA) is 69.6 Å². The van der Waals surface area contributed by atoms with E-state index in [4.69, 9.17) is 11.6 Å². The highest BCUT2D eigenvalue weighted by molar-refractivity contribution is 6.30. The van der Waals surface area contributed by atoms with Gasteiger partial charge in [-0.15, -0.1) is 0 Å². The number of hydrogen-bond donors (Lipinski definition) is 3. The van der Waals surface area contributed by atoms with Crippen molar-refractivity contribution in [2.45, 2.75) is 12.1 Å². The first-order valence-corrected chi connectivity index (χ1v) is 9.07. The number of hydrogen-bond acceptors (Lipinski definition) is 3. The molecule has 3 aromatic carbocycles. The molecular weight excluding hydrogens is 381 g/mol. The molecule has 3 rings (SSSR count). The van der Waals surface area contributed by atoms with Crippen LogP contribution in [0.2, 0.25) is 5.02 Å². The van der Waals surface area contributed by atoms with Crippen molar-refractivity contribution in [3.63, 3.8) is 0 Å². The Morgan fingerprint density at radius 3 is 2.57 bits per heavy atom. The van der Waals surface area contributed by atoms with Gasteiger partial charge in [0.15, 0.2) is 0 Å². The van der Waals surface area contributed by atoms with Gasteiger partial charge < -0.3 is 15.5 Å². The lowest BCUT2D eigenvalue weighted by Gasteiger charge is -2.23. The highest BCUT2D eigenvalue weighted by Gasteiger charge is 2.22. The number of carbonyl (C=O) groups is 1. The third-order valence-electron chi connectivity index (χ3n) is 4.38. The van der Waals surface area contributed by atoms with Crippen LogP contribution in [0.15, 0.2) is 66.7 Å². The molecule has 0 aromatic heterocycles. The SMILES string of the molecule is O=C(/C=C/c1ccc(Cl)cc1F)N[C@H](c1ccc2ccccc2c1)[C@H](O)CO. The second kappa shape index (κ2) is 8.97. The van der Waals surface area contributed by atoms with Gasteiger partial charge in [0.05, 0.1) is 12.6 Å². The Morgan fingerprint density at radius 2 is 1.86 bits per heavy atom. The Hall–Kier alpha value is -2.73. The van der Waals surface area contributed by atoms with E-state index in [1.165, 1.54) is 24.3 Å². The lowest BCUT2D eigenvalue weighted by molar-refractivity contribution is -0.118. The van der Waals surface area contributed by atoms with Crippen LogP contribution in [0, 0.1) is 5.82 Å². The summed E-state index contributed by atoms with van der Waals surface area (Å²) in [6.45, 7) is -0.521. The van der Waals surface area contributed by atoms with Crippen molar-refractivity contribution in [1.29, 1.82) is 0 Å². The molecular formula is C22H19ClFNO3. The molecule has 0 spiro atoms. The summed E-state index contributed by atoms with van der Waals surface area (Å²) in [5, 5.41) is 24.5. The van der Waals surface area contributed by atoms with Gasteiger partial charge in [-0.05, 0) is 40.6 Å². The van der Waals surface area contributed by atoms with Gasteiger partial charge in [0.2, 0.25) is 5.91 Å². The molecule has 0 heterocycles. The van der Waals surface area contributed by atoms with Gasteiger partial charge in [-0.2, -0.15) is 0 Å². The van der Waals surface area contributed by atoms with Gasteiger partial charge in [-0.1, -0.05) is 54.1 Å². The summed E-state index contributed by atoms with van der Waals surface area (Å²) < 4.78 is 13.8. The van der Waals surface area contributed by atoms with Gasteiger partial charge in [-0.3, -0.25) is 4.79 Å². The average Bonchev–Trinajstić information content (AvgIpc) is 2.70. The van der Waals surface area contributed by atoms with Crippen molar-refractivity contribution in [2.75, 3.05) is 6.61 Å². The van der Waals surface area contributed by atoms with Crippen molar-refractivity contribution in [3.05, 3.63) is 88.7 Å². The van der Waals surface area contributed by atoms with E-state index in [1.807, 2.05) is 36.4 Å². The number of aliphatic hydroxyl groups is 2. The van der Waals surface area contributed by atoms with E-state index in [1.54, 1.807) is 6.07 Å². The molecule has 4 nitrogen and oxygen atoms in total. The number of halogens is 2. The van der Waals surface area contributed by atoms with Crippen LogP contribution in [-0.4, -0.2) is 28.8 Å². The van der Waals surface area contributed by atoms with E-state index >= 15 is 0 Å². The van der Waals surface area contributed by atoms with Gasteiger partial charge in [0.25, 0.3) is 0 Å². The molecule has 1 amide bonds. The zero-order valence-electron chi connectivity index (χ0n) is 14.8. The summed E-state index contributed by atoms with van der Waals surface area (Å²) in [4.78, 5) is 12.3. The third-order valence-corrected chi connectivity index (χ3v) is 4.61. The number of amides is 1. The van der Waals surface area contributed by atoms with Gasteiger partial charge in [0, 0.05) is 16.7 Å². The van der Waals surface area contributed by atoms with E-state index in [0.29, 0.717) is 5.56 Å². The van der Waals surface area contributed by atoms with Crippen LogP contribution < -0.4 is 5.32 Å². The zero-order valence-corrected chi connectivity index (χ0v) is 15.6. The van der Waals surface area contributed by atoms with E-state index in [9.17, 15) is 19.4 Å². The predicted octanol–water partition coefficient (Wildman–Crippen LogP) is 3.86. The number of nitrogens with one attached hydrogen (secondary N) is 1. The fraction of sp³-hybridized carbons (Fsp3) is 0.136. The minimum Gasteiger partial charge on any atom is -0.394 e. The zero-order chi connectivity index (χ0) is 20.1. The number of rotatable bonds is 6. The summed E-state index contributed by atoms with van der Waals surface area (Å²) in [7, 11) is 0. The monoisotopic (exact) mass is 399 g/mol. The molecule has 6 heteroatoms. The van der Waals surface area contributed by atoms with Crippen LogP contribution in [0.5, 0.6) is 0 Å². The Balaban J connectivity index is 1.81. The van der Waals surface area contributed by atoms with Crippen molar-refractivity contribution in [1.82, 2.24) is 5.32 Å². The highest BCUT2D eigenvalue weighted by atomic mass is 35.5. The van der Waals surface area contributed by atoms with Crippen molar-refractivity contribution >= 4 is 34.4 Å². The maximum absolute atomic E-state index is 13.8. The molecule has 0 unspecified atom stereocenters. The maximum Gasteiger partial charge on any atom is 0.244 e. The van der Waals surface area contributed by atoms with Crippen molar-refractivity contribution in [3.8, 4) is 0 Å². The molecule has 0 saturated carbocycles. The molecule has 28 heavy (non-hydrogen) atoms. The van der Waals surface area contributed by atoms with Crippen LogP contribution in [-0.2, 0) is 4.79 Å². The normalized spacial score (nSPS) is 13.6. The van der Waals surface area contributed by atoms with E-state index < -0.39 is 30.5 Å². The second-order valence-electron chi connectivity index (χ2n) is 6.34. The van der Waals surface area contributed by atoms with Gasteiger partial charge in [-0.25, -0.2) is 4.39 Å². The molecule has 0 aliphatic carbocycles. The van der Waals surface area contributed by atoms with Crippen LogP contribution in [0.4, 0.5) is 4.39 Å². The van der Waals surface area contributed by atoms with E-state index in [-0.39, 0.29) is 10.6 Å². The molecule has 3 aromatic rings. The van der Waals surface area contributed by atoms with Crippen molar-refractivity contribution in [2.24, 2.45) is 0 Å². The van der Waals surface area contributed by atoms with Crippen LogP contribution in [0.1, 0.15) is 17.2 Å². The molecule has 144 valence electrons. The van der Waals surface area contributed by atoms with Crippen LogP contribution in [0.3, 0.4) is 0 Å². The largest absolute Gasteiger partial charge is 0.394 e. The summed E-state index contributed by atoms with van der Waals surface area (Å²) >= 11 is 5.71. The Morgan fingerprint density at radius 1 is 1.11 bits per heavy atom. The predicted molar refractivity (Wildman–Crippen MR) is 108 cm³/mol. The smallest absolute Gasteiger partial charge is 0.244 e. The molecule has 0 aliphatic rings. The first-order chi connectivity index (χ1) is 13.5. The molecule has 0 fully saturated rings. The van der Waals surface area contributed by atoms with Crippen molar-refractivity contribution < 1.29 is 19.4 Å². The van der Waals surface area contributed by atoms with Crippen LogP contribution in [0.25, 0.3) is 16.8 Å². The maximum atomic E-state index is 13.8.